The molecular formula is C25H20N2O6. The van der Waals surface area contributed by atoms with Crippen LogP contribution in [0.3, 0.4) is 0 Å². The smallest absolute Gasteiger partial charge is 0.295 e. The van der Waals surface area contributed by atoms with Crippen molar-refractivity contribution in [3.8, 4) is 17.2 Å². The maximum absolute atomic E-state index is 13.2. The SMILES string of the molecule is COc1ccc(C2C(=C(O)c3ccc4c(c3)OCO4)C(=O)C(=O)N2Cc2cccnc2)cc1. The average Bonchev–Trinajstić information content (AvgIpc) is 3.42. The fourth-order valence-corrected chi connectivity index (χ4v) is 4.06. The Hall–Kier alpha value is -4.33. The van der Waals surface area contributed by atoms with Crippen LogP contribution in [0.4, 0.5) is 0 Å². The predicted molar refractivity (Wildman–Crippen MR) is 118 cm³/mol. The van der Waals surface area contributed by atoms with Gasteiger partial charge in [0.2, 0.25) is 6.79 Å². The topological polar surface area (TPSA) is 98.2 Å². The van der Waals surface area contributed by atoms with Crippen LogP contribution in [0.5, 0.6) is 17.2 Å². The highest BCUT2D eigenvalue weighted by Crippen LogP contribution is 2.42. The van der Waals surface area contributed by atoms with E-state index in [-0.39, 0.29) is 24.7 Å². The van der Waals surface area contributed by atoms with Gasteiger partial charge in [0.25, 0.3) is 11.7 Å². The first-order valence-corrected chi connectivity index (χ1v) is 10.3. The molecule has 8 nitrogen and oxygen atoms in total. The van der Waals surface area contributed by atoms with E-state index in [1.54, 1.807) is 68.0 Å². The molecule has 3 aromatic rings. The van der Waals surface area contributed by atoms with Crippen molar-refractivity contribution in [3.05, 3.63) is 89.3 Å². The highest BCUT2D eigenvalue weighted by atomic mass is 16.7. The molecule has 5 rings (SSSR count). The van der Waals surface area contributed by atoms with Crippen molar-refractivity contribution >= 4 is 17.4 Å². The first kappa shape index (κ1) is 20.6. The van der Waals surface area contributed by atoms with Gasteiger partial charge in [-0.1, -0.05) is 18.2 Å². The van der Waals surface area contributed by atoms with Gasteiger partial charge in [-0.2, -0.15) is 0 Å². The number of rotatable bonds is 5. The molecule has 1 atom stereocenters. The molecule has 8 heteroatoms. The van der Waals surface area contributed by atoms with Gasteiger partial charge in [0.05, 0.1) is 18.7 Å². The van der Waals surface area contributed by atoms with Crippen molar-refractivity contribution in [2.75, 3.05) is 13.9 Å². The molecule has 0 bridgehead atoms. The third kappa shape index (κ3) is 3.65. The van der Waals surface area contributed by atoms with Gasteiger partial charge >= 0.3 is 0 Å². The van der Waals surface area contributed by atoms with Crippen molar-refractivity contribution < 1.29 is 28.9 Å². The quantitative estimate of drug-likeness (QED) is 0.366. The molecule has 0 saturated carbocycles. The number of fused-ring (bicyclic) bond motifs is 1. The van der Waals surface area contributed by atoms with E-state index in [1.807, 2.05) is 6.07 Å². The van der Waals surface area contributed by atoms with E-state index < -0.39 is 17.7 Å². The Bertz CT molecular complexity index is 1250. The average molecular weight is 444 g/mol. The molecule has 0 spiro atoms. The largest absolute Gasteiger partial charge is 0.507 e. The number of pyridine rings is 1. The third-order valence-corrected chi connectivity index (χ3v) is 5.69. The normalized spacial score (nSPS) is 18.6. The number of methoxy groups -OCH3 is 1. The minimum Gasteiger partial charge on any atom is -0.507 e. The molecule has 0 radical (unpaired) electrons. The summed E-state index contributed by atoms with van der Waals surface area (Å²) >= 11 is 0. The fraction of sp³-hybridized carbons (Fsp3) is 0.160. The van der Waals surface area contributed by atoms with Gasteiger partial charge in [0, 0.05) is 24.5 Å². The summed E-state index contributed by atoms with van der Waals surface area (Å²) in [5, 5.41) is 11.2. The number of nitrogens with zero attached hydrogens (tertiary/aromatic N) is 2. The summed E-state index contributed by atoms with van der Waals surface area (Å²) in [5.41, 5.74) is 1.80. The number of aliphatic hydroxyl groups excluding tert-OH is 1. The molecule has 1 unspecified atom stereocenters. The van der Waals surface area contributed by atoms with Crippen molar-refractivity contribution in [3.63, 3.8) is 0 Å². The van der Waals surface area contributed by atoms with Crippen LogP contribution in [0.25, 0.3) is 5.76 Å². The summed E-state index contributed by atoms with van der Waals surface area (Å²) in [6.07, 6.45) is 3.28. The molecular weight excluding hydrogens is 424 g/mol. The molecule has 2 aliphatic heterocycles. The number of ether oxygens (including phenoxy) is 3. The number of hydrogen-bond donors (Lipinski definition) is 1. The molecule has 3 heterocycles. The molecule has 33 heavy (non-hydrogen) atoms. The molecule has 166 valence electrons. The van der Waals surface area contributed by atoms with Crippen LogP contribution in [0, 0.1) is 0 Å². The number of benzene rings is 2. The number of Topliss-reactive ketones (excluding diaryl/α,β-unsaturated/α-hetero) is 1. The number of carbonyl (C=O) groups is 2. The number of amides is 1. The Morgan fingerprint density at radius 1 is 1.12 bits per heavy atom. The second kappa shape index (κ2) is 8.31. The van der Waals surface area contributed by atoms with Crippen LogP contribution in [0.2, 0.25) is 0 Å². The van der Waals surface area contributed by atoms with Gasteiger partial charge < -0.3 is 24.2 Å². The van der Waals surface area contributed by atoms with E-state index in [0.29, 0.717) is 28.4 Å². The van der Waals surface area contributed by atoms with Crippen LogP contribution in [0.15, 0.2) is 72.6 Å². The number of carbonyl (C=O) groups excluding carboxylic acids is 2. The Balaban J connectivity index is 1.63. The van der Waals surface area contributed by atoms with Crippen LogP contribution >= 0.6 is 0 Å². The fourth-order valence-electron chi connectivity index (χ4n) is 4.06. The van der Waals surface area contributed by atoms with E-state index in [9.17, 15) is 14.7 Å². The number of ketones is 1. The van der Waals surface area contributed by atoms with E-state index in [4.69, 9.17) is 14.2 Å². The Morgan fingerprint density at radius 3 is 2.64 bits per heavy atom. The molecule has 1 aromatic heterocycles. The van der Waals surface area contributed by atoms with Crippen LogP contribution in [-0.4, -0.2) is 40.6 Å². The van der Waals surface area contributed by atoms with Gasteiger partial charge in [-0.05, 0) is 47.5 Å². The molecule has 2 aliphatic rings. The van der Waals surface area contributed by atoms with Gasteiger partial charge in [-0.3, -0.25) is 14.6 Å². The third-order valence-electron chi connectivity index (χ3n) is 5.69. The minimum absolute atomic E-state index is 0.00734. The standard InChI is InChI=1S/C25H20N2O6/c1-31-18-7-4-16(5-8-18)22-21(23(28)17-6-9-19-20(11-17)33-14-32-19)24(29)25(30)27(22)13-15-3-2-10-26-12-15/h2-12,22,28H,13-14H2,1H3. The summed E-state index contributed by atoms with van der Waals surface area (Å²) in [6, 6.07) is 14.7. The van der Waals surface area contributed by atoms with Crippen molar-refractivity contribution in [2.24, 2.45) is 0 Å². The molecule has 0 aliphatic carbocycles. The summed E-state index contributed by atoms with van der Waals surface area (Å²) in [5.74, 6) is -0.0726. The van der Waals surface area contributed by atoms with E-state index in [2.05, 4.69) is 4.98 Å². The number of aromatic nitrogens is 1. The number of hydrogen-bond acceptors (Lipinski definition) is 7. The van der Waals surface area contributed by atoms with Crippen molar-refractivity contribution in [2.45, 2.75) is 12.6 Å². The summed E-state index contributed by atoms with van der Waals surface area (Å²) in [7, 11) is 1.56. The molecule has 2 aromatic carbocycles. The van der Waals surface area contributed by atoms with Gasteiger partial charge in [0.1, 0.15) is 11.5 Å². The lowest BCUT2D eigenvalue weighted by Gasteiger charge is -2.25. The molecule has 1 saturated heterocycles. The molecule has 1 N–H and O–H groups in total. The van der Waals surface area contributed by atoms with Crippen LogP contribution in [-0.2, 0) is 16.1 Å². The lowest BCUT2D eigenvalue weighted by atomic mass is 9.95. The van der Waals surface area contributed by atoms with Crippen molar-refractivity contribution in [1.82, 2.24) is 9.88 Å². The van der Waals surface area contributed by atoms with Crippen LogP contribution in [0.1, 0.15) is 22.7 Å². The van der Waals surface area contributed by atoms with Gasteiger partial charge in [-0.25, -0.2) is 0 Å². The lowest BCUT2D eigenvalue weighted by molar-refractivity contribution is -0.140. The Kier molecular flexibility index (Phi) is 5.18. The Morgan fingerprint density at radius 2 is 1.91 bits per heavy atom. The predicted octanol–water partition coefficient (Wildman–Crippen LogP) is 3.44. The highest BCUT2D eigenvalue weighted by Gasteiger charge is 2.46. The first-order chi connectivity index (χ1) is 16.1. The highest BCUT2D eigenvalue weighted by molar-refractivity contribution is 6.46. The van der Waals surface area contributed by atoms with Gasteiger partial charge in [-0.15, -0.1) is 0 Å². The first-order valence-electron chi connectivity index (χ1n) is 10.3. The van der Waals surface area contributed by atoms with Crippen molar-refractivity contribution in [1.29, 1.82) is 0 Å². The lowest BCUT2D eigenvalue weighted by Crippen LogP contribution is -2.29. The summed E-state index contributed by atoms with van der Waals surface area (Å²) in [4.78, 5) is 31.8. The zero-order valence-electron chi connectivity index (χ0n) is 17.7. The summed E-state index contributed by atoms with van der Waals surface area (Å²) in [6.45, 7) is 0.244. The van der Waals surface area contributed by atoms with Crippen LogP contribution < -0.4 is 14.2 Å². The maximum atomic E-state index is 13.2. The van der Waals surface area contributed by atoms with E-state index >= 15 is 0 Å². The van der Waals surface area contributed by atoms with E-state index in [1.165, 1.54) is 4.90 Å². The number of aliphatic hydroxyl groups is 1. The number of likely N-dealkylation sites (tertiary alicyclic amines) is 1. The van der Waals surface area contributed by atoms with Gasteiger partial charge in [0.15, 0.2) is 11.5 Å². The van der Waals surface area contributed by atoms with E-state index in [0.717, 1.165) is 5.56 Å². The zero-order valence-corrected chi connectivity index (χ0v) is 17.7. The molecule has 1 amide bonds. The minimum atomic E-state index is -0.790. The maximum Gasteiger partial charge on any atom is 0.295 e. The monoisotopic (exact) mass is 444 g/mol. The zero-order chi connectivity index (χ0) is 22.9. The second-order valence-electron chi connectivity index (χ2n) is 7.63. The Labute approximate surface area is 189 Å². The summed E-state index contributed by atoms with van der Waals surface area (Å²) < 4.78 is 16.0. The second-order valence-corrected chi connectivity index (χ2v) is 7.63. The molecule has 1 fully saturated rings.